The molecule has 1 aliphatic heterocycles. The zero-order valence-corrected chi connectivity index (χ0v) is 14.1. The summed E-state index contributed by atoms with van der Waals surface area (Å²) in [5.74, 6) is 0.188. The second kappa shape index (κ2) is 7.59. The van der Waals surface area contributed by atoms with Gasteiger partial charge in [0.25, 0.3) is 5.91 Å². The minimum absolute atomic E-state index is 0.0581. The Morgan fingerprint density at radius 2 is 2.13 bits per heavy atom. The van der Waals surface area contributed by atoms with E-state index in [2.05, 4.69) is 5.32 Å². The van der Waals surface area contributed by atoms with Gasteiger partial charge in [0.05, 0.1) is 17.4 Å². The number of amides is 2. The van der Waals surface area contributed by atoms with Gasteiger partial charge in [0.1, 0.15) is 0 Å². The molecular formula is C18H26N2O3. The summed E-state index contributed by atoms with van der Waals surface area (Å²) in [6, 6.07) is 5.54. The number of hydrogen-bond acceptors (Lipinski definition) is 3. The number of anilines is 1. The molecule has 5 heteroatoms. The van der Waals surface area contributed by atoms with Gasteiger partial charge in [-0.3, -0.25) is 9.59 Å². The Balaban J connectivity index is 2.12. The van der Waals surface area contributed by atoms with Gasteiger partial charge in [0, 0.05) is 19.5 Å². The van der Waals surface area contributed by atoms with Crippen LogP contribution in [0.2, 0.25) is 0 Å². The summed E-state index contributed by atoms with van der Waals surface area (Å²) >= 11 is 0. The molecule has 0 radical (unpaired) electrons. The Kier molecular flexibility index (Phi) is 5.77. The summed E-state index contributed by atoms with van der Waals surface area (Å²) in [7, 11) is 0. The summed E-state index contributed by atoms with van der Waals surface area (Å²) in [6.45, 7) is 6.85. The number of rotatable bonds is 6. The van der Waals surface area contributed by atoms with E-state index >= 15 is 0 Å². The largest absolute Gasteiger partial charge is 0.391 e. The van der Waals surface area contributed by atoms with Gasteiger partial charge in [0.2, 0.25) is 5.91 Å². The molecule has 0 saturated carbocycles. The van der Waals surface area contributed by atoms with Gasteiger partial charge < -0.3 is 15.3 Å². The molecule has 1 fully saturated rings. The summed E-state index contributed by atoms with van der Waals surface area (Å²) in [4.78, 5) is 26.2. The average Bonchev–Trinajstić information content (AvgIpc) is 2.90. The number of carbonyl (C=O) groups is 2. The SMILES string of the molecule is Cc1ccc(N2CCCC2=O)c(C(=O)NCC(O)CC(C)C)c1. The number of aryl methyl sites for hydroxylation is 1. The first-order valence-electron chi connectivity index (χ1n) is 8.25. The highest BCUT2D eigenvalue weighted by Crippen LogP contribution is 2.26. The lowest BCUT2D eigenvalue weighted by molar-refractivity contribution is -0.117. The first-order valence-corrected chi connectivity index (χ1v) is 8.25. The van der Waals surface area contributed by atoms with Crippen molar-refractivity contribution in [1.29, 1.82) is 0 Å². The third kappa shape index (κ3) is 4.55. The minimum Gasteiger partial charge on any atom is -0.391 e. The lowest BCUT2D eigenvalue weighted by atomic mass is 10.1. The lowest BCUT2D eigenvalue weighted by Crippen LogP contribution is -2.34. The number of benzene rings is 1. The normalized spacial score (nSPS) is 16.0. The highest BCUT2D eigenvalue weighted by Gasteiger charge is 2.26. The van der Waals surface area contributed by atoms with Gasteiger partial charge in [-0.05, 0) is 37.8 Å². The fourth-order valence-electron chi connectivity index (χ4n) is 2.90. The van der Waals surface area contributed by atoms with Crippen molar-refractivity contribution in [2.24, 2.45) is 5.92 Å². The van der Waals surface area contributed by atoms with Crippen LogP contribution >= 0.6 is 0 Å². The topological polar surface area (TPSA) is 69.6 Å². The molecule has 23 heavy (non-hydrogen) atoms. The Labute approximate surface area is 137 Å². The van der Waals surface area contributed by atoms with Crippen molar-refractivity contribution in [3.8, 4) is 0 Å². The van der Waals surface area contributed by atoms with E-state index in [-0.39, 0.29) is 18.4 Å². The second-order valence-electron chi connectivity index (χ2n) is 6.66. The zero-order chi connectivity index (χ0) is 17.0. The van der Waals surface area contributed by atoms with Gasteiger partial charge in [0.15, 0.2) is 0 Å². The maximum absolute atomic E-state index is 12.5. The van der Waals surface area contributed by atoms with E-state index in [0.717, 1.165) is 12.0 Å². The number of nitrogens with one attached hydrogen (secondary N) is 1. The molecule has 1 heterocycles. The van der Waals surface area contributed by atoms with Gasteiger partial charge >= 0.3 is 0 Å². The Hall–Kier alpha value is -1.88. The molecule has 2 N–H and O–H groups in total. The first-order chi connectivity index (χ1) is 10.9. The van der Waals surface area contributed by atoms with Crippen LogP contribution in [-0.2, 0) is 4.79 Å². The van der Waals surface area contributed by atoms with Gasteiger partial charge in [-0.2, -0.15) is 0 Å². The van der Waals surface area contributed by atoms with Crippen molar-refractivity contribution in [3.63, 3.8) is 0 Å². The van der Waals surface area contributed by atoms with Crippen molar-refractivity contribution in [2.75, 3.05) is 18.0 Å². The molecular weight excluding hydrogens is 292 g/mol. The minimum atomic E-state index is -0.555. The van der Waals surface area contributed by atoms with E-state index in [4.69, 9.17) is 0 Å². The van der Waals surface area contributed by atoms with E-state index < -0.39 is 6.10 Å². The molecule has 2 rings (SSSR count). The number of aliphatic hydroxyl groups excluding tert-OH is 1. The number of carbonyl (C=O) groups excluding carboxylic acids is 2. The van der Waals surface area contributed by atoms with Crippen LogP contribution in [0.3, 0.4) is 0 Å². The summed E-state index contributed by atoms with van der Waals surface area (Å²) < 4.78 is 0. The third-order valence-electron chi connectivity index (χ3n) is 4.00. The third-order valence-corrected chi connectivity index (χ3v) is 4.00. The van der Waals surface area contributed by atoms with Crippen LogP contribution in [-0.4, -0.2) is 36.1 Å². The van der Waals surface area contributed by atoms with Crippen molar-refractivity contribution in [1.82, 2.24) is 5.32 Å². The Morgan fingerprint density at radius 1 is 1.39 bits per heavy atom. The molecule has 0 spiro atoms. The fourth-order valence-corrected chi connectivity index (χ4v) is 2.90. The molecule has 1 aliphatic rings. The van der Waals surface area contributed by atoms with E-state index in [0.29, 0.717) is 36.6 Å². The molecule has 1 aromatic rings. The van der Waals surface area contributed by atoms with Crippen molar-refractivity contribution >= 4 is 17.5 Å². The average molecular weight is 318 g/mol. The van der Waals surface area contributed by atoms with Crippen LogP contribution in [0.1, 0.15) is 49.0 Å². The van der Waals surface area contributed by atoms with Crippen LogP contribution in [0.5, 0.6) is 0 Å². The smallest absolute Gasteiger partial charge is 0.253 e. The molecule has 126 valence electrons. The van der Waals surface area contributed by atoms with Crippen LogP contribution < -0.4 is 10.2 Å². The number of hydrogen-bond donors (Lipinski definition) is 2. The van der Waals surface area contributed by atoms with Crippen LogP contribution in [0.4, 0.5) is 5.69 Å². The molecule has 1 atom stereocenters. The van der Waals surface area contributed by atoms with E-state index in [1.165, 1.54) is 0 Å². The highest BCUT2D eigenvalue weighted by molar-refractivity contribution is 6.05. The highest BCUT2D eigenvalue weighted by atomic mass is 16.3. The summed E-state index contributed by atoms with van der Waals surface area (Å²) in [5, 5.41) is 12.7. The second-order valence-corrected chi connectivity index (χ2v) is 6.66. The fraction of sp³-hybridized carbons (Fsp3) is 0.556. The molecule has 1 saturated heterocycles. The summed E-state index contributed by atoms with van der Waals surface area (Å²) in [5.41, 5.74) is 2.12. The van der Waals surface area contributed by atoms with E-state index in [1.807, 2.05) is 32.9 Å². The van der Waals surface area contributed by atoms with Crippen LogP contribution in [0.15, 0.2) is 18.2 Å². The van der Waals surface area contributed by atoms with E-state index in [9.17, 15) is 14.7 Å². The van der Waals surface area contributed by atoms with E-state index in [1.54, 1.807) is 11.0 Å². The number of aliphatic hydroxyl groups is 1. The van der Waals surface area contributed by atoms with Gasteiger partial charge in [-0.25, -0.2) is 0 Å². The summed E-state index contributed by atoms with van der Waals surface area (Å²) in [6.07, 6.45) is 1.44. The van der Waals surface area contributed by atoms with Crippen molar-refractivity contribution in [2.45, 2.75) is 46.1 Å². The quantitative estimate of drug-likeness (QED) is 0.845. The zero-order valence-electron chi connectivity index (χ0n) is 14.1. The molecule has 0 aliphatic carbocycles. The van der Waals surface area contributed by atoms with Gasteiger partial charge in [-0.15, -0.1) is 0 Å². The monoisotopic (exact) mass is 318 g/mol. The molecule has 0 bridgehead atoms. The molecule has 2 amide bonds. The van der Waals surface area contributed by atoms with Crippen molar-refractivity contribution in [3.05, 3.63) is 29.3 Å². The molecule has 1 aromatic carbocycles. The lowest BCUT2D eigenvalue weighted by Gasteiger charge is -2.20. The predicted molar refractivity (Wildman–Crippen MR) is 90.6 cm³/mol. The van der Waals surface area contributed by atoms with Crippen LogP contribution in [0.25, 0.3) is 0 Å². The molecule has 5 nitrogen and oxygen atoms in total. The Bertz CT molecular complexity index is 584. The maximum atomic E-state index is 12.5. The molecule has 0 aromatic heterocycles. The van der Waals surface area contributed by atoms with Crippen molar-refractivity contribution < 1.29 is 14.7 Å². The van der Waals surface area contributed by atoms with Crippen LogP contribution in [0, 0.1) is 12.8 Å². The van der Waals surface area contributed by atoms with Gasteiger partial charge in [-0.1, -0.05) is 25.5 Å². The molecule has 1 unspecified atom stereocenters. The Morgan fingerprint density at radius 3 is 2.74 bits per heavy atom. The first kappa shape index (κ1) is 17.5. The predicted octanol–water partition coefficient (Wildman–Crippen LogP) is 2.26. The number of nitrogens with zero attached hydrogens (tertiary/aromatic N) is 1. The maximum Gasteiger partial charge on any atom is 0.253 e. The standard InChI is InChI=1S/C18H26N2O3/c1-12(2)9-14(21)11-19-18(23)15-10-13(3)6-7-16(15)20-8-4-5-17(20)22/h6-7,10,12,14,21H,4-5,8-9,11H2,1-3H3,(H,19,23).